The van der Waals surface area contributed by atoms with Gasteiger partial charge in [-0.05, 0) is 39.0 Å². The second-order valence-corrected chi connectivity index (χ2v) is 7.38. The van der Waals surface area contributed by atoms with Crippen LogP contribution < -0.4 is 11.2 Å². The molecule has 9 nitrogen and oxygen atoms in total. The number of carbonyl (C=O) groups excluding carboxylic acids is 1. The molecule has 0 aliphatic heterocycles. The van der Waals surface area contributed by atoms with Crippen molar-refractivity contribution in [1.29, 1.82) is 0 Å². The van der Waals surface area contributed by atoms with Gasteiger partial charge >= 0.3 is 11.7 Å². The van der Waals surface area contributed by atoms with Gasteiger partial charge in [-0.15, -0.1) is 0 Å². The molecule has 0 bridgehead atoms. The minimum atomic E-state index is -0.652. The predicted molar refractivity (Wildman–Crippen MR) is 113 cm³/mol. The van der Waals surface area contributed by atoms with Gasteiger partial charge in [0, 0.05) is 23.5 Å². The van der Waals surface area contributed by atoms with Crippen molar-refractivity contribution >= 4 is 34.5 Å². The molecular weight excluding hydrogens is 410 g/mol. The highest BCUT2D eigenvalue weighted by Gasteiger charge is 2.24. The summed E-state index contributed by atoms with van der Waals surface area (Å²) in [6.45, 7) is 5.14. The van der Waals surface area contributed by atoms with Gasteiger partial charge in [-0.25, -0.2) is 9.36 Å². The van der Waals surface area contributed by atoms with Crippen LogP contribution in [0, 0.1) is 13.8 Å². The second kappa shape index (κ2) is 7.17. The van der Waals surface area contributed by atoms with Crippen LogP contribution in [-0.4, -0.2) is 35.7 Å². The summed E-state index contributed by atoms with van der Waals surface area (Å²) in [5, 5.41) is 0.566. The first-order chi connectivity index (χ1) is 14.3. The van der Waals surface area contributed by atoms with Crippen LogP contribution in [-0.2, 0) is 23.1 Å². The Morgan fingerprint density at radius 1 is 1.20 bits per heavy atom. The fraction of sp³-hybridized carbons (Fsp3) is 0.300. The average Bonchev–Trinajstić information content (AvgIpc) is 3.19. The van der Waals surface area contributed by atoms with Gasteiger partial charge in [0.05, 0.1) is 12.3 Å². The summed E-state index contributed by atoms with van der Waals surface area (Å²) in [7, 11) is 1.52. The van der Waals surface area contributed by atoms with Crippen molar-refractivity contribution in [3.63, 3.8) is 0 Å². The van der Waals surface area contributed by atoms with Gasteiger partial charge in [-0.1, -0.05) is 17.7 Å². The number of esters is 1. The number of imidazole rings is 2. The van der Waals surface area contributed by atoms with Crippen LogP contribution >= 0.6 is 11.6 Å². The number of nitrogens with zero attached hydrogens (tertiary/aromatic N) is 5. The lowest BCUT2D eigenvalue weighted by molar-refractivity contribution is -0.143. The molecule has 0 fully saturated rings. The third kappa shape index (κ3) is 2.85. The normalized spacial score (nSPS) is 11.5. The molecule has 0 aliphatic carbocycles. The van der Waals surface area contributed by atoms with E-state index in [1.54, 1.807) is 23.5 Å². The number of rotatable bonds is 4. The zero-order chi connectivity index (χ0) is 21.7. The van der Waals surface area contributed by atoms with E-state index in [4.69, 9.17) is 16.3 Å². The van der Waals surface area contributed by atoms with Crippen LogP contribution in [0.2, 0.25) is 5.02 Å². The summed E-state index contributed by atoms with van der Waals surface area (Å²) in [6, 6.07) is 7.28. The lowest BCUT2D eigenvalue weighted by Crippen LogP contribution is -2.41. The highest BCUT2D eigenvalue weighted by Crippen LogP contribution is 2.25. The second-order valence-electron chi connectivity index (χ2n) is 6.94. The Morgan fingerprint density at radius 2 is 1.93 bits per heavy atom. The van der Waals surface area contributed by atoms with Gasteiger partial charge in [0.2, 0.25) is 5.78 Å². The van der Waals surface area contributed by atoms with Gasteiger partial charge in [0.15, 0.2) is 11.2 Å². The summed E-state index contributed by atoms with van der Waals surface area (Å²) < 4.78 is 10.6. The van der Waals surface area contributed by atoms with E-state index >= 15 is 0 Å². The summed E-state index contributed by atoms with van der Waals surface area (Å²) in [5.41, 5.74) is 1.66. The number of ether oxygens (including phenoxy) is 1. The molecule has 0 radical (unpaired) electrons. The highest BCUT2D eigenvalue weighted by atomic mass is 35.5. The average molecular weight is 430 g/mol. The summed E-state index contributed by atoms with van der Waals surface area (Å²) in [4.78, 5) is 42.5. The molecule has 10 heteroatoms. The molecule has 0 N–H and O–H groups in total. The van der Waals surface area contributed by atoms with E-state index in [0.29, 0.717) is 10.8 Å². The summed E-state index contributed by atoms with van der Waals surface area (Å²) in [5.74, 6) is -0.176. The molecule has 4 rings (SSSR count). The Hall–Kier alpha value is -3.33. The number of aromatic nitrogens is 5. The van der Waals surface area contributed by atoms with Crippen molar-refractivity contribution in [2.75, 3.05) is 6.61 Å². The van der Waals surface area contributed by atoms with Crippen LogP contribution in [0.5, 0.6) is 0 Å². The Bertz CT molecular complexity index is 1440. The maximum atomic E-state index is 13.2. The van der Waals surface area contributed by atoms with Crippen molar-refractivity contribution in [2.45, 2.75) is 27.3 Å². The van der Waals surface area contributed by atoms with Crippen molar-refractivity contribution < 1.29 is 9.53 Å². The maximum absolute atomic E-state index is 13.2. The molecule has 1 aromatic carbocycles. The molecule has 3 heterocycles. The van der Waals surface area contributed by atoms with Gasteiger partial charge < -0.3 is 4.74 Å². The molecule has 0 saturated heterocycles. The fourth-order valence-electron chi connectivity index (χ4n) is 3.65. The Morgan fingerprint density at radius 3 is 2.60 bits per heavy atom. The molecule has 156 valence electrons. The summed E-state index contributed by atoms with van der Waals surface area (Å²) >= 11 is 6.17. The molecule has 0 aliphatic rings. The van der Waals surface area contributed by atoms with E-state index in [-0.39, 0.29) is 17.8 Å². The number of carbonyl (C=O) groups is 1. The first kappa shape index (κ1) is 20.0. The largest absolute Gasteiger partial charge is 0.465 e. The minimum Gasteiger partial charge on any atom is -0.465 e. The molecule has 3 aromatic heterocycles. The van der Waals surface area contributed by atoms with Crippen molar-refractivity contribution in [3.8, 4) is 5.69 Å². The number of hydrogen-bond acceptors (Lipinski definition) is 5. The molecular formula is C20H20ClN5O4. The van der Waals surface area contributed by atoms with Crippen LogP contribution in [0.4, 0.5) is 0 Å². The Balaban J connectivity index is 2.09. The first-order valence-electron chi connectivity index (χ1n) is 9.37. The van der Waals surface area contributed by atoms with Gasteiger partial charge in [0.25, 0.3) is 5.56 Å². The molecule has 0 atom stereocenters. The third-order valence-corrected chi connectivity index (χ3v) is 5.41. The standard InChI is InChI=1S/C20H20ClN5O4/c1-5-30-15(27)10-24-18(28)16-17(23(4)20(24)29)22-19-25(11(2)12(3)26(16)19)14-8-6-7-13(21)9-14/h6-9H,5,10H2,1-4H3. The number of hydrogen-bond donors (Lipinski definition) is 0. The van der Waals surface area contributed by atoms with Gasteiger partial charge in [-0.2, -0.15) is 4.98 Å². The third-order valence-electron chi connectivity index (χ3n) is 5.18. The molecule has 0 amide bonds. The van der Waals surface area contributed by atoms with E-state index in [0.717, 1.165) is 21.6 Å². The number of halogens is 1. The van der Waals surface area contributed by atoms with Gasteiger partial charge in [0.1, 0.15) is 6.54 Å². The van der Waals surface area contributed by atoms with Crippen LogP contribution in [0.3, 0.4) is 0 Å². The van der Waals surface area contributed by atoms with Crippen LogP contribution in [0.1, 0.15) is 18.3 Å². The lowest BCUT2D eigenvalue weighted by atomic mass is 10.3. The minimum absolute atomic E-state index is 0.161. The predicted octanol–water partition coefficient (Wildman–Crippen LogP) is 1.97. The van der Waals surface area contributed by atoms with E-state index in [1.807, 2.05) is 30.5 Å². The number of benzene rings is 1. The molecule has 30 heavy (non-hydrogen) atoms. The highest BCUT2D eigenvalue weighted by molar-refractivity contribution is 6.30. The summed E-state index contributed by atoms with van der Waals surface area (Å²) in [6.07, 6.45) is 0. The lowest BCUT2D eigenvalue weighted by Gasteiger charge is -2.08. The van der Waals surface area contributed by atoms with Crippen LogP contribution in [0.25, 0.3) is 22.6 Å². The quantitative estimate of drug-likeness (QED) is 0.462. The van der Waals surface area contributed by atoms with E-state index in [1.165, 1.54) is 11.6 Å². The van der Waals surface area contributed by atoms with Crippen LogP contribution in [0.15, 0.2) is 33.9 Å². The number of fused-ring (bicyclic) bond motifs is 3. The molecule has 0 spiro atoms. The fourth-order valence-corrected chi connectivity index (χ4v) is 3.83. The van der Waals surface area contributed by atoms with E-state index < -0.39 is 23.8 Å². The molecule has 4 aromatic rings. The zero-order valence-electron chi connectivity index (χ0n) is 17.0. The molecule has 0 unspecified atom stereocenters. The molecule has 0 saturated carbocycles. The Labute approximate surface area is 175 Å². The Kier molecular flexibility index (Phi) is 4.77. The van der Waals surface area contributed by atoms with E-state index in [9.17, 15) is 14.4 Å². The van der Waals surface area contributed by atoms with Gasteiger partial charge in [-0.3, -0.25) is 23.1 Å². The van der Waals surface area contributed by atoms with Crippen molar-refractivity contribution in [2.24, 2.45) is 7.05 Å². The zero-order valence-corrected chi connectivity index (χ0v) is 17.7. The first-order valence-corrected chi connectivity index (χ1v) is 9.75. The monoisotopic (exact) mass is 429 g/mol. The van der Waals surface area contributed by atoms with E-state index in [2.05, 4.69) is 4.98 Å². The maximum Gasteiger partial charge on any atom is 0.333 e. The van der Waals surface area contributed by atoms with Crippen molar-refractivity contribution in [1.82, 2.24) is 23.1 Å². The SMILES string of the molecule is CCOC(=O)Cn1c(=O)c2c(nc3n(-c4cccc(Cl)c4)c(C)c(C)n23)n(C)c1=O. The topological polar surface area (TPSA) is 92.5 Å². The number of aryl methyl sites for hydroxylation is 2. The van der Waals surface area contributed by atoms with Crippen molar-refractivity contribution in [3.05, 3.63) is 61.5 Å². The smallest absolute Gasteiger partial charge is 0.333 e.